The van der Waals surface area contributed by atoms with Crippen molar-refractivity contribution in [3.63, 3.8) is 0 Å². The highest BCUT2D eigenvalue weighted by Crippen LogP contribution is 2.19. The number of aromatic hydroxyl groups is 1. The van der Waals surface area contributed by atoms with Crippen molar-refractivity contribution < 1.29 is 9.90 Å². The number of hydrogen-bond donors (Lipinski definition) is 2. The molecule has 0 radical (unpaired) electrons. The Balaban J connectivity index is 2.00. The highest BCUT2D eigenvalue weighted by atomic mass is 16.3. The summed E-state index contributed by atoms with van der Waals surface area (Å²) in [5.74, 6) is 0.0138. The van der Waals surface area contributed by atoms with Gasteiger partial charge in [-0.1, -0.05) is 5.21 Å². The molecule has 2 N–H and O–H groups in total. The molecule has 0 atom stereocenters. The topological polar surface area (TPSA) is 80.0 Å². The number of nitrogens with zero attached hydrogens (tertiary/aromatic N) is 3. The van der Waals surface area contributed by atoms with Gasteiger partial charge < -0.3 is 10.4 Å². The van der Waals surface area contributed by atoms with E-state index in [-0.39, 0.29) is 18.2 Å². The lowest BCUT2D eigenvalue weighted by Gasteiger charge is -2.06. The van der Waals surface area contributed by atoms with Crippen LogP contribution in [-0.4, -0.2) is 26.0 Å². The SMILES string of the molecule is Cc1cc(NC(=O)Cn2ccnn2)ccc1O. The lowest BCUT2D eigenvalue weighted by atomic mass is 10.2. The van der Waals surface area contributed by atoms with Gasteiger partial charge in [0.15, 0.2) is 0 Å². The molecule has 0 saturated carbocycles. The van der Waals surface area contributed by atoms with Gasteiger partial charge in [0.2, 0.25) is 5.91 Å². The molecule has 1 heterocycles. The van der Waals surface area contributed by atoms with Gasteiger partial charge in [0.05, 0.1) is 6.20 Å². The monoisotopic (exact) mass is 232 g/mol. The molecular formula is C11H12N4O2. The number of anilines is 1. The molecule has 6 heteroatoms. The van der Waals surface area contributed by atoms with Gasteiger partial charge in [-0.2, -0.15) is 0 Å². The first-order valence-corrected chi connectivity index (χ1v) is 5.09. The summed E-state index contributed by atoms with van der Waals surface area (Å²) in [6.45, 7) is 1.88. The Hall–Kier alpha value is -2.37. The molecule has 2 aromatic rings. The third kappa shape index (κ3) is 2.81. The second-order valence-electron chi connectivity index (χ2n) is 3.65. The quantitative estimate of drug-likeness (QED) is 0.771. The first-order chi connectivity index (χ1) is 8.15. The third-order valence-electron chi connectivity index (χ3n) is 2.26. The second-order valence-corrected chi connectivity index (χ2v) is 3.65. The molecule has 1 aromatic heterocycles. The van der Waals surface area contributed by atoms with Crippen LogP contribution in [0.1, 0.15) is 5.56 Å². The fourth-order valence-electron chi connectivity index (χ4n) is 1.40. The molecule has 0 aliphatic carbocycles. The number of phenolic OH excluding ortho intramolecular Hbond substituents is 1. The van der Waals surface area contributed by atoms with Crippen molar-refractivity contribution in [3.05, 3.63) is 36.2 Å². The lowest BCUT2D eigenvalue weighted by Crippen LogP contribution is -2.19. The van der Waals surface area contributed by atoms with E-state index < -0.39 is 0 Å². The van der Waals surface area contributed by atoms with Gasteiger partial charge in [-0.05, 0) is 30.7 Å². The van der Waals surface area contributed by atoms with E-state index in [0.717, 1.165) is 0 Å². The molecule has 0 fully saturated rings. The highest BCUT2D eigenvalue weighted by Gasteiger charge is 2.05. The van der Waals surface area contributed by atoms with Crippen LogP contribution >= 0.6 is 0 Å². The number of carbonyl (C=O) groups is 1. The summed E-state index contributed by atoms with van der Waals surface area (Å²) in [5, 5.41) is 19.4. The van der Waals surface area contributed by atoms with Crippen LogP contribution in [0.2, 0.25) is 0 Å². The average molecular weight is 232 g/mol. The third-order valence-corrected chi connectivity index (χ3v) is 2.26. The summed E-state index contributed by atoms with van der Waals surface area (Å²) >= 11 is 0. The molecule has 0 bridgehead atoms. The zero-order chi connectivity index (χ0) is 12.3. The van der Waals surface area contributed by atoms with Crippen LogP contribution in [0.25, 0.3) is 0 Å². The van der Waals surface area contributed by atoms with Gasteiger partial charge in [-0.25, -0.2) is 4.68 Å². The molecule has 0 aliphatic heterocycles. The van der Waals surface area contributed by atoms with E-state index in [1.54, 1.807) is 31.3 Å². The van der Waals surface area contributed by atoms with Crippen molar-refractivity contribution >= 4 is 11.6 Å². The molecule has 0 saturated heterocycles. The standard InChI is InChI=1S/C11H12N4O2/c1-8-6-9(2-3-10(8)16)13-11(17)7-15-5-4-12-14-15/h2-6,16H,7H2,1H3,(H,13,17). The maximum atomic E-state index is 11.6. The Morgan fingerprint density at radius 1 is 1.53 bits per heavy atom. The van der Waals surface area contributed by atoms with Crippen molar-refractivity contribution in [2.75, 3.05) is 5.32 Å². The Kier molecular flexibility index (Phi) is 3.04. The van der Waals surface area contributed by atoms with Crippen molar-refractivity contribution in [2.45, 2.75) is 13.5 Å². The number of nitrogens with one attached hydrogen (secondary N) is 1. The summed E-state index contributed by atoms with van der Waals surface area (Å²) < 4.78 is 1.43. The van der Waals surface area contributed by atoms with E-state index >= 15 is 0 Å². The number of benzene rings is 1. The minimum Gasteiger partial charge on any atom is -0.508 e. The van der Waals surface area contributed by atoms with E-state index in [0.29, 0.717) is 11.3 Å². The normalized spacial score (nSPS) is 10.2. The largest absolute Gasteiger partial charge is 0.508 e. The Labute approximate surface area is 97.9 Å². The number of amides is 1. The maximum Gasteiger partial charge on any atom is 0.246 e. The van der Waals surface area contributed by atoms with Crippen LogP contribution in [0.15, 0.2) is 30.6 Å². The van der Waals surface area contributed by atoms with Crippen LogP contribution < -0.4 is 5.32 Å². The minimum absolute atomic E-state index is 0.111. The Morgan fingerprint density at radius 2 is 2.35 bits per heavy atom. The molecule has 1 aromatic carbocycles. The van der Waals surface area contributed by atoms with Crippen molar-refractivity contribution in [1.82, 2.24) is 15.0 Å². The first-order valence-electron chi connectivity index (χ1n) is 5.09. The Bertz CT molecular complexity index is 522. The van der Waals surface area contributed by atoms with Gasteiger partial charge in [-0.15, -0.1) is 5.10 Å². The summed E-state index contributed by atoms with van der Waals surface area (Å²) in [5.41, 5.74) is 1.36. The predicted molar refractivity (Wildman–Crippen MR) is 61.5 cm³/mol. The summed E-state index contributed by atoms with van der Waals surface area (Å²) in [7, 11) is 0. The summed E-state index contributed by atoms with van der Waals surface area (Å²) in [4.78, 5) is 11.6. The molecular weight excluding hydrogens is 220 g/mol. The van der Waals surface area contributed by atoms with Crippen LogP contribution in [-0.2, 0) is 11.3 Å². The molecule has 17 heavy (non-hydrogen) atoms. The fraction of sp³-hybridized carbons (Fsp3) is 0.182. The average Bonchev–Trinajstić information content (AvgIpc) is 2.76. The number of hydrogen-bond acceptors (Lipinski definition) is 4. The number of aryl methyl sites for hydroxylation is 1. The number of rotatable bonds is 3. The lowest BCUT2D eigenvalue weighted by molar-refractivity contribution is -0.116. The van der Waals surface area contributed by atoms with Crippen molar-refractivity contribution in [2.24, 2.45) is 0 Å². The second kappa shape index (κ2) is 4.65. The zero-order valence-corrected chi connectivity index (χ0v) is 9.29. The Morgan fingerprint density at radius 3 is 3.00 bits per heavy atom. The van der Waals surface area contributed by atoms with E-state index in [2.05, 4.69) is 15.6 Å². The molecule has 88 valence electrons. The fourth-order valence-corrected chi connectivity index (χ4v) is 1.40. The minimum atomic E-state index is -0.194. The van der Waals surface area contributed by atoms with Crippen LogP contribution in [0.3, 0.4) is 0 Å². The van der Waals surface area contributed by atoms with Gasteiger partial charge in [0.25, 0.3) is 0 Å². The summed E-state index contributed by atoms with van der Waals surface area (Å²) in [6.07, 6.45) is 3.12. The number of carbonyl (C=O) groups excluding carboxylic acids is 1. The molecule has 6 nitrogen and oxygen atoms in total. The molecule has 0 aliphatic rings. The zero-order valence-electron chi connectivity index (χ0n) is 9.29. The number of phenols is 1. The predicted octanol–water partition coefficient (Wildman–Crippen LogP) is 0.931. The van der Waals surface area contributed by atoms with E-state index in [9.17, 15) is 9.90 Å². The molecule has 2 rings (SSSR count). The summed E-state index contributed by atoms with van der Waals surface area (Å²) in [6, 6.07) is 4.89. The van der Waals surface area contributed by atoms with E-state index in [4.69, 9.17) is 0 Å². The van der Waals surface area contributed by atoms with Crippen LogP contribution in [0.5, 0.6) is 5.75 Å². The molecule has 0 spiro atoms. The van der Waals surface area contributed by atoms with Gasteiger partial charge in [-0.3, -0.25) is 4.79 Å². The van der Waals surface area contributed by atoms with Gasteiger partial charge >= 0.3 is 0 Å². The van der Waals surface area contributed by atoms with E-state index in [1.165, 1.54) is 10.9 Å². The van der Waals surface area contributed by atoms with Crippen molar-refractivity contribution in [3.8, 4) is 5.75 Å². The molecule has 1 amide bonds. The van der Waals surface area contributed by atoms with Gasteiger partial charge in [0.1, 0.15) is 12.3 Å². The van der Waals surface area contributed by atoms with Crippen LogP contribution in [0.4, 0.5) is 5.69 Å². The maximum absolute atomic E-state index is 11.6. The van der Waals surface area contributed by atoms with Crippen LogP contribution in [0, 0.1) is 6.92 Å². The first kappa shape index (κ1) is 11.1. The molecule has 0 unspecified atom stereocenters. The van der Waals surface area contributed by atoms with Gasteiger partial charge in [0, 0.05) is 11.9 Å². The number of aromatic nitrogens is 3. The van der Waals surface area contributed by atoms with Crippen molar-refractivity contribution in [1.29, 1.82) is 0 Å². The van der Waals surface area contributed by atoms with E-state index in [1.807, 2.05) is 0 Å². The smallest absolute Gasteiger partial charge is 0.246 e. The highest BCUT2D eigenvalue weighted by molar-refractivity contribution is 5.90.